The minimum atomic E-state index is -0.951. The summed E-state index contributed by atoms with van der Waals surface area (Å²) in [7, 11) is 0. The number of carbonyl (C=O) groups is 2. The van der Waals surface area contributed by atoms with Crippen LogP contribution in [-0.4, -0.2) is 24.6 Å². The maximum Gasteiger partial charge on any atom is 0.329 e. The Morgan fingerprint density at radius 2 is 2.00 bits per heavy atom. The summed E-state index contributed by atoms with van der Waals surface area (Å²) >= 11 is 15.2. The van der Waals surface area contributed by atoms with Crippen molar-refractivity contribution in [1.29, 1.82) is 0 Å². The highest BCUT2D eigenvalue weighted by Gasteiger charge is 2.15. The Kier molecular flexibility index (Phi) is 8.09. The summed E-state index contributed by atoms with van der Waals surface area (Å²) in [5.74, 6) is -1.26. The molecule has 9 heteroatoms. The van der Waals surface area contributed by atoms with Crippen molar-refractivity contribution in [3.63, 3.8) is 0 Å². The van der Waals surface area contributed by atoms with Crippen LogP contribution in [0.3, 0.4) is 0 Å². The first-order valence-electron chi connectivity index (χ1n) is 7.93. The van der Waals surface area contributed by atoms with E-state index in [2.05, 4.69) is 31.8 Å². The van der Waals surface area contributed by atoms with Gasteiger partial charge in [-0.2, -0.15) is 5.10 Å². The van der Waals surface area contributed by atoms with Crippen LogP contribution in [0.2, 0.25) is 10.0 Å². The lowest BCUT2D eigenvalue weighted by Crippen LogP contribution is -2.32. The van der Waals surface area contributed by atoms with Crippen LogP contribution in [0, 0.1) is 0 Å². The second-order valence-electron chi connectivity index (χ2n) is 5.29. The Morgan fingerprint density at radius 3 is 2.74 bits per heavy atom. The van der Waals surface area contributed by atoms with Gasteiger partial charge in [0.2, 0.25) is 0 Å². The molecule has 27 heavy (non-hydrogen) atoms. The Hall–Kier alpha value is -2.09. The van der Waals surface area contributed by atoms with Crippen LogP contribution < -0.4 is 15.5 Å². The van der Waals surface area contributed by atoms with Crippen LogP contribution >= 0.6 is 39.1 Å². The van der Waals surface area contributed by atoms with Crippen molar-refractivity contribution in [3.8, 4) is 5.75 Å². The predicted molar refractivity (Wildman–Crippen MR) is 111 cm³/mol. The van der Waals surface area contributed by atoms with Gasteiger partial charge in [-0.3, -0.25) is 9.59 Å². The molecule has 0 spiro atoms. The third-order valence-electron chi connectivity index (χ3n) is 3.21. The van der Waals surface area contributed by atoms with E-state index >= 15 is 0 Å². The Bertz CT molecular complexity index is 875. The summed E-state index contributed by atoms with van der Waals surface area (Å²) < 4.78 is 6.44. The fourth-order valence-electron chi connectivity index (χ4n) is 1.95. The van der Waals surface area contributed by atoms with Crippen molar-refractivity contribution >= 4 is 62.8 Å². The van der Waals surface area contributed by atoms with E-state index in [4.69, 9.17) is 27.9 Å². The summed E-state index contributed by atoms with van der Waals surface area (Å²) in [6.07, 6.45) is 2.25. The molecule has 0 unspecified atom stereocenters. The number of hydrogen-bond acceptors (Lipinski definition) is 4. The highest BCUT2D eigenvalue weighted by Crippen LogP contribution is 2.29. The van der Waals surface area contributed by atoms with Crippen LogP contribution in [0.4, 0.5) is 5.69 Å². The summed E-state index contributed by atoms with van der Waals surface area (Å²) in [4.78, 5) is 23.9. The van der Waals surface area contributed by atoms with E-state index in [0.717, 1.165) is 10.9 Å². The van der Waals surface area contributed by atoms with Crippen molar-refractivity contribution in [2.45, 2.75) is 13.3 Å². The molecular formula is C18H16BrCl2N3O3. The number of hydrogen-bond donors (Lipinski definition) is 2. The molecule has 0 radical (unpaired) electrons. The van der Waals surface area contributed by atoms with E-state index in [9.17, 15) is 9.59 Å². The molecule has 0 saturated carbocycles. The van der Waals surface area contributed by atoms with Gasteiger partial charge >= 0.3 is 11.8 Å². The number of nitrogens with one attached hydrogen (secondary N) is 2. The summed E-state index contributed by atoms with van der Waals surface area (Å²) in [6, 6.07) is 10.1. The molecule has 0 fully saturated rings. The molecule has 142 valence electrons. The molecule has 2 N–H and O–H groups in total. The van der Waals surface area contributed by atoms with Crippen LogP contribution in [0.1, 0.15) is 18.9 Å². The number of benzene rings is 2. The van der Waals surface area contributed by atoms with Gasteiger partial charge in [-0.1, -0.05) is 52.1 Å². The predicted octanol–water partition coefficient (Wildman–Crippen LogP) is 4.63. The first-order chi connectivity index (χ1) is 12.9. The molecule has 2 amide bonds. The highest BCUT2D eigenvalue weighted by atomic mass is 79.9. The second kappa shape index (κ2) is 10.3. The minimum Gasteiger partial charge on any atom is -0.493 e. The van der Waals surface area contributed by atoms with E-state index in [1.54, 1.807) is 24.3 Å². The zero-order chi connectivity index (χ0) is 19.8. The largest absolute Gasteiger partial charge is 0.493 e. The lowest BCUT2D eigenvalue weighted by molar-refractivity contribution is -0.136. The van der Waals surface area contributed by atoms with Crippen LogP contribution in [0.15, 0.2) is 46.0 Å². The van der Waals surface area contributed by atoms with Gasteiger partial charge in [0.1, 0.15) is 5.75 Å². The molecule has 2 aromatic rings. The highest BCUT2D eigenvalue weighted by molar-refractivity contribution is 9.10. The van der Waals surface area contributed by atoms with Gasteiger partial charge in [0, 0.05) is 10.0 Å². The Balaban J connectivity index is 2.01. The molecule has 0 atom stereocenters. The average Bonchev–Trinajstić information content (AvgIpc) is 2.64. The molecule has 0 heterocycles. The summed E-state index contributed by atoms with van der Waals surface area (Å²) in [6.45, 7) is 2.55. The zero-order valence-corrected chi connectivity index (χ0v) is 17.4. The summed E-state index contributed by atoms with van der Waals surface area (Å²) in [5.41, 5.74) is 3.04. The van der Waals surface area contributed by atoms with Crippen LogP contribution in [0.5, 0.6) is 5.75 Å². The topological polar surface area (TPSA) is 79.8 Å². The first-order valence-corrected chi connectivity index (χ1v) is 9.48. The standard InChI is InChI=1S/C18H16BrCl2N3O3/c1-2-8-27-15-7-6-12(19)9-11(15)10-22-24-18(26)17(25)23-14-5-3-4-13(20)16(14)21/h3-7,9-10H,2,8H2,1H3,(H,23,25)(H,24,26)/b22-10+. The number of nitrogens with zero attached hydrogens (tertiary/aromatic N) is 1. The fourth-order valence-corrected chi connectivity index (χ4v) is 2.68. The first kappa shape index (κ1) is 21.2. The SMILES string of the molecule is CCCOc1ccc(Br)cc1/C=N/NC(=O)C(=O)Nc1cccc(Cl)c1Cl. The molecule has 0 saturated heterocycles. The summed E-state index contributed by atoms with van der Waals surface area (Å²) in [5, 5.41) is 6.60. The maximum absolute atomic E-state index is 11.9. The molecule has 0 aromatic heterocycles. The average molecular weight is 473 g/mol. The number of amides is 2. The van der Waals surface area contributed by atoms with Crippen molar-refractivity contribution in [3.05, 3.63) is 56.5 Å². The van der Waals surface area contributed by atoms with Crippen molar-refractivity contribution in [2.75, 3.05) is 11.9 Å². The molecule has 2 rings (SSSR count). The van der Waals surface area contributed by atoms with Crippen molar-refractivity contribution in [2.24, 2.45) is 5.10 Å². The van der Waals surface area contributed by atoms with E-state index in [1.165, 1.54) is 12.3 Å². The van der Waals surface area contributed by atoms with Crippen LogP contribution in [0.25, 0.3) is 0 Å². The van der Waals surface area contributed by atoms with Gasteiger partial charge in [0.15, 0.2) is 0 Å². The quantitative estimate of drug-likeness (QED) is 0.365. The lowest BCUT2D eigenvalue weighted by atomic mass is 10.2. The van der Waals surface area contributed by atoms with Gasteiger partial charge in [0.25, 0.3) is 0 Å². The van der Waals surface area contributed by atoms with E-state index in [1.807, 2.05) is 13.0 Å². The minimum absolute atomic E-state index is 0.149. The van der Waals surface area contributed by atoms with E-state index < -0.39 is 11.8 Å². The van der Waals surface area contributed by atoms with E-state index in [-0.39, 0.29) is 15.7 Å². The molecule has 0 bridgehead atoms. The molecule has 0 aliphatic rings. The molecular weight excluding hydrogens is 457 g/mol. The smallest absolute Gasteiger partial charge is 0.329 e. The van der Waals surface area contributed by atoms with Crippen molar-refractivity contribution < 1.29 is 14.3 Å². The van der Waals surface area contributed by atoms with E-state index in [0.29, 0.717) is 17.9 Å². The molecule has 0 aliphatic carbocycles. The third-order valence-corrected chi connectivity index (χ3v) is 4.52. The van der Waals surface area contributed by atoms with Gasteiger partial charge in [-0.15, -0.1) is 0 Å². The van der Waals surface area contributed by atoms with Gasteiger partial charge in [-0.05, 0) is 36.8 Å². The van der Waals surface area contributed by atoms with Gasteiger partial charge in [-0.25, -0.2) is 5.43 Å². The van der Waals surface area contributed by atoms with Crippen molar-refractivity contribution in [1.82, 2.24) is 5.43 Å². The third kappa shape index (κ3) is 6.23. The Morgan fingerprint density at radius 1 is 1.22 bits per heavy atom. The monoisotopic (exact) mass is 471 g/mol. The fraction of sp³-hybridized carbons (Fsp3) is 0.167. The Labute approximate surface area is 175 Å². The van der Waals surface area contributed by atoms with Gasteiger partial charge in [0.05, 0.1) is 28.6 Å². The number of carbonyl (C=O) groups excluding carboxylic acids is 2. The normalized spacial score (nSPS) is 10.7. The van der Waals surface area contributed by atoms with Gasteiger partial charge < -0.3 is 10.1 Å². The lowest BCUT2D eigenvalue weighted by Gasteiger charge is -2.08. The number of ether oxygens (including phenoxy) is 1. The maximum atomic E-state index is 11.9. The molecule has 6 nitrogen and oxygen atoms in total. The molecule has 0 aliphatic heterocycles. The molecule has 2 aromatic carbocycles. The number of anilines is 1. The number of halogens is 3. The second-order valence-corrected chi connectivity index (χ2v) is 6.99. The van der Waals surface area contributed by atoms with Crippen LogP contribution in [-0.2, 0) is 9.59 Å². The zero-order valence-electron chi connectivity index (χ0n) is 14.3. The number of rotatable bonds is 6. The number of hydrazone groups is 1.